The van der Waals surface area contributed by atoms with Crippen molar-refractivity contribution in [3.8, 4) is 0 Å². The van der Waals surface area contributed by atoms with Crippen LogP contribution in [0, 0.1) is 0 Å². The van der Waals surface area contributed by atoms with Gasteiger partial charge in [-0.2, -0.15) is 0 Å². The van der Waals surface area contributed by atoms with Crippen LogP contribution in [0.4, 0.5) is 5.69 Å². The van der Waals surface area contributed by atoms with Gasteiger partial charge in [-0.05, 0) is 37.7 Å². The highest BCUT2D eigenvalue weighted by atomic mass is 35.5. The van der Waals surface area contributed by atoms with Gasteiger partial charge in [-0.1, -0.05) is 48.0 Å². The van der Waals surface area contributed by atoms with E-state index < -0.39 is 0 Å². The molecule has 1 N–H and O–H groups in total. The van der Waals surface area contributed by atoms with Gasteiger partial charge in [-0.25, -0.2) is 0 Å². The molecule has 1 unspecified atom stereocenters. The maximum absolute atomic E-state index is 6.20. The number of para-hydroxylation sites is 1. The Bertz CT molecular complexity index is 528. The number of hydrogen-bond donors (Lipinski definition) is 1. The molecule has 0 saturated carbocycles. The lowest BCUT2D eigenvalue weighted by atomic mass is 10.2. The predicted molar refractivity (Wildman–Crippen MR) is 87.3 cm³/mol. The molecule has 2 aromatic rings. The molecule has 0 heterocycles. The molecular weight excluding hydrogens is 268 g/mol. The summed E-state index contributed by atoms with van der Waals surface area (Å²) in [4.78, 5) is 2.30. The number of benzene rings is 2. The summed E-state index contributed by atoms with van der Waals surface area (Å²) in [5, 5.41) is 4.29. The van der Waals surface area contributed by atoms with Crippen molar-refractivity contribution in [3.05, 3.63) is 65.2 Å². The van der Waals surface area contributed by atoms with Crippen LogP contribution >= 0.6 is 11.6 Å². The number of nitrogens with one attached hydrogen (secondary N) is 1. The molecule has 0 aliphatic rings. The number of likely N-dealkylation sites (N-methyl/N-ethyl adjacent to an activating group) is 1. The van der Waals surface area contributed by atoms with E-state index in [-0.39, 0.29) is 0 Å². The Morgan fingerprint density at radius 3 is 2.40 bits per heavy atom. The van der Waals surface area contributed by atoms with Crippen LogP contribution in [0.3, 0.4) is 0 Å². The maximum Gasteiger partial charge on any atom is 0.0451 e. The standard InChI is InChI=1S/C17H21ClN2/c1-14(12-19-16-9-4-3-5-10-16)20(2)13-15-8-6-7-11-17(15)18/h3-11,14,19H,12-13H2,1-2H3. The average Bonchev–Trinajstić information content (AvgIpc) is 2.48. The molecule has 3 heteroatoms. The molecule has 0 aliphatic carbocycles. The third-order valence-corrected chi connectivity index (χ3v) is 3.87. The third kappa shape index (κ3) is 4.26. The van der Waals surface area contributed by atoms with Crippen molar-refractivity contribution in [2.75, 3.05) is 18.9 Å². The molecule has 106 valence electrons. The van der Waals surface area contributed by atoms with Gasteiger partial charge in [0.15, 0.2) is 0 Å². The fourth-order valence-electron chi connectivity index (χ4n) is 2.03. The van der Waals surface area contributed by atoms with Gasteiger partial charge in [-0.15, -0.1) is 0 Å². The van der Waals surface area contributed by atoms with Gasteiger partial charge >= 0.3 is 0 Å². The van der Waals surface area contributed by atoms with Crippen LogP contribution in [-0.2, 0) is 6.54 Å². The lowest BCUT2D eigenvalue weighted by Crippen LogP contribution is -2.34. The van der Waals surface area contributed by atoms with E-state index in [9.17, 15) is 0 Å². The lowest BCUT2D eigenvalue weighted by Gasteiger charge is -2.25. The maximum atomic E-state index is 6.20. The van der Waals surface area contributed by atoms with Gasteiger partial charge in [0.25, 0.3) is 0 Å². The zero-order chi connectivity index (χ0) is 14.4. The minimum atomic E-state index is 0.423. The van der Waals surface area contributed by atoms with E-state index >= 15 is 0 Å². The van der Waals surface area contributed by atoms with Gasteiger partial charge < -0.3 is 5.32 Å². The van der Waals surface area contributed by atoms with Crippen molar-refractivity contribution < 1.29 is 0 Å². The van der Waals surface area contributed by atoms with Crippen LogP contribution in [-0.4, -0.2) is 24.5 Å². The summed E-state index contributed by atoms with van der Waals surface area (Å²) in [6.07, 6.45) is 0. The van der Waals surface area contributed by atoms with Gasteiger partial charge in [0.05, 0.1) is 0 Å². The predicted octanol–water partition coefficient (Wildman–Crippen LogP) is 4.27. The second kappa shape index (κ2) is 7.32. The smallest absolute Gasteiger partial charge is 0.0451 e. The highest BCUT2D eigenvalue weighted by Crippen LogP contribution is 2.17. The van der Waals surface area contributed by atoms with E-state index in [0.29, 0.717) is 6.04 Å². The van der Waals surface area contributed by atoms with Crippen LogP contribution < -0.4 is 5.32 Å². The summed E-state index contributed by atoms with van der Waals surface area (Å²) < 4.78 is 0. The molecule has 2 rings (SSSR count). The Balaban J connectivity index is 1.86. The van der Waals surface area contributed by atoms with E-state index in [1.807, 2.05) is 36.4 Å². The van der Waals surface area contributed by atoms with E-state index in [1.165, 1.54) is 5.56 Å². The summed E-state index contributed by atoms with van der Waals surface area (Å²) in [5.74, 6) is 0. The normalized spacial score (nSPS) is 12.4. The first kappa shape index (κ1) is 14.9. The highest BCUT2D eigenvalue weighted by molar-refractivity contribution is 6.31. The molecule has 1 atom stereocenters. The van der Waals surface area contributed by atoms with E-state index in [0.717, 1.165) is 23.8 Å². The molecule has 0 aromatic heterocycles. The minimum Gasteiger partial charge on any atom is -0.383 e. The Labute approximate surface area is 126 Å². The fraction of sp³-hybridized carbons (Fsp3) is 0.294. The van der Waals surface area contributed by atoms with Gasteiger partial charge in [0.2, 0.25) is 0 Å². The Morgan fingerprint density at radius 1 is 1.05 bits per heavy atom. The molecule has 0 spiro atoms. The second-order valence-electron chi connectivity index (χ2n) is 5.10. The third-order valence-electron chi connectivity index (χ3n) is 3.51. The van der Waals surface area contributed by atoms with Crippen LogP contribution in [0.15, 0.2) is 54.6 Å². The summed E-state index contributed by atoms with van der Waals surface area (Å²) in [7, 11) is 2.13. The minimum absolute atomic E-state index is 0.423. The van der Waals surface area contributed by atoms with Gasteiger partial charge in [0.1, 0.15) is 0 Å². The number of anilines is 1. The Kier molecular flexibility index (Phi) is 5.45. The van der Waals surface area contributed by atoms with Crippen LogP contribution in [0.2, 0.25) is 5.02 Å². The number of halogens is 1. The van der Waals surface area contributed by atoms with Crippen molar-refractivity contribution >= 4 is 17.3 Å². The summed E-state index contributed by atoms with van der Waals surface area (Å²) in [6, 6.07) is 18.7. The second-order valence-corrected chi connectivity index (χ2v) is 5.51. The Hall–Kier alpha value is -1.51. The molecular formula is C17H21ClN2. The molecule has 0 saturated heterocycles. The van der Waals surface area contributed by atoms with Gasteiger partial charge in [0, 0.05) is 29.8 Å². The zero-order valence-electron chi connectivity index (χ0n) is 12.0. The summed E-state index contributed by atoms with van der Waals surface area (Å²) in [5.41, 5.74) is 2.33. The van der Waals surface area contributed by atoms with Gasteiger partial charge in [-0.3, -0.25) is 4.90 Å². The zero-order valence-corrected chi connectivity index (χ0v) is 12.8. The number of nitrogens with zero attached hydrogens (tertiary/aromatic N) is 1. The quantitative estimate of drug-likeness (QED) is 0.854. The molecule has 0 radical (unpaired) electrons. The van der Waals surface area contributed by atoms with E-state index in [4.69, 9.17) is 11.6 Å². The van der Waals surface area contributed by atoms with E-state index in [2.05, 4.69) is 42.4 Å². The first-order valence-electron chi connectivity index (χ1n) is 6.89. The first-order valence-corrected chi connectivity index (χ1v) is 7.27. The molecule has 2 nitrogen and oxygen atoms in total. The van der Waals surface area contributed by atoms with Crippen molar-refractivity contribution in [1.29, 1.82) is 0 Å². The lowest BCUT2D eigenvalue weighted by molar-refractivity contribution is 0.259. The first-order chi connectivity index (χ1) is 9.66. The van der Waals surface area contributed by atoms with E-state index in [1.54, 1.807) is 0 Å². The molecule has 0 aliphatic heterocycles. The van der Waals surface area contributed by atoms with Crippen molar-refractivity contribution in [3.63, 3.8) is 0 Å². The molecule has 2 aromatic carbocycles. The monoisotopic (exact) mass is 288 g/mol. The van der Waals surface area contributed by atoms with Crippen molar-refractivity contribution in [2.24, 2.45) is 0 Å². The van der Waals surface area contributed by atoms with Crippen LogP contribution in [0.25, 0.3) is 0 Å². The topological polar surface area (TPSA) is 15.3 Å². The number of hydrogen-bond acceptors (Lipinski definition) is 2. The summed E-state index contributed by atoms with van der Waals surface area (Å²) in [6.45, 7) is 3.98. The average molecular weight is 289 g/mol. The SMILES string of the molecule is CC(CNc1ccccc1)N(C)Cc1ccccc1Cl. The molecule has 0 bridgehead atoms. The fourth-order valence-corrected chi connectivity index (χ4v) is 2.22. The largest absolute Gasteiger partial charge is 0.383 e. The number of rotatable bonds is 6. The Morgan fingerprint density at radius 2 is 1.70 bits per heavy atom. The summed E-state index contributed by atoms with van der Waals surface area (Å²) >= 11 is 6.20. The molecule has 0 amide bonds. The van der Waals surface area contributed by atoms with Crippen molar-refractivity contribution in [2.45, 2.75) is 19.5 Å². The van der Waals surface area contributed by atoms with Crippen molar-refractivity contribution in [1.82, 2.24) is 4.90 Å². The molecule has 0 fully saturated rings. The van der Waals surface area contributed by atoms with Crippen LogP contribution in [0.5, 0.6) is 0 Å². The highest BCUT2D eigenvalue weighted by Gasteiger charge is 2.10. The molecule has 20 heavy (non-hydrogen) atoms. The van der Waals surface area contributed by atoms with Crippen LogP contribution in [0.1, 0.15) is 12.5 Å².